The molecule has 2 heterocycles. The van der Waals surface area contributed by atoms with Crippen molar-refractivity contribution in [3.8, 4) is 11.3 Å². The van der Waals surface area contributed by atoms with Gasteiger partial charge in [0.05, 0.1) is 4.91 Å². The number of carbonyl (C=O) groups excluding carboxylic acids is 2. The Morgan fingerprint density at radius 3 is 2.48 bits per heavy atom. The largest absolute Gasteiger partial charge is 0.457 e. The number of rotatable bonds is 2. The van der Waals surface area contributed by atoms with Gasteiger partial charge < -0.3 is 4.42 Å². The van der Waals surface area contributed by atoms with Gasteiger partial charge in [0.2, 0.25) is 0 Å². The molecule has 2 amide bonds. The maximum absolute atomic E-state index is 12.9. The number of hydrogen-bond donors (Lipinski definition) is 0. The molecule has 0 saturated carbocycles. The van der Waals surface area contributed by atoms with E-state index >= 15 is 0 Å². The molecule has 0 bridgehead atoms. The summed E-state index contributed by atoms with van der Waals surface area (Å²) in [7, 11) is 1.44. The van der Waals surface area contributed by atoms with Crippen LogP contribution in [0.4, 0.5) is 9.18 Å². The number of amides is 2. The molecule has 1 aliphatic heterocycles. The van der Waals surface area contributed by atoms with Crippen molar-refractivity contribution in [1.29, 1.82) is 0 Å². The Kier molecular flexibility index (Phi) is 3.39. The standard InChI is InChI=1S/C15H10FNO3S/c1-17-14(18)13(21-15(17)19)8-11-6-7-12(20-11)9-2-4-10(16)5-3-9/h2-8H,1H3/b13-8-. The molecule has 2 aromatic rings. The molecule has 21 heavy (non-hydrogen) atoms. The van der Waals surface area contributed by atoms with Gasteiger partial charge in [0.25, 0.3) is 11.1 Å². The predicted octanol–water partition coefficient (Wildman–Crippen LogP) is 3.75. The van der Waals surface area contributed by atoms with Gasteiger partial charge in [0.1, 0.15) is 17.3 Å². The van der Waals surface area contributed by atoms with Crippen LogP contribution in [-0.2, 0) is 4.79 Å². The summed E-state index contributed by atoms with van der Waals surface area (Å²) in [6, 6.07) is 9.34. The highest BCUT2D eigenvalue weighted by Crippen LogP contribution is 2.32. The Labute approximate surface area is 124 Å². The predicted molar refractivity (Wildman–Crippen MR) is 77.8 cm³/mol. The molecule has 0 aliphatic carbocycles. The number of furan rings is 1. The molecule has 1 saturated heterocycles. The second-order valence-electron chi connectivity index (χ2n) is 4.45. The maximum Gasteiger partial charge on any atom is 0.293 e. The molecule has 1 aromatic heterocycles. The summed E-state index contributed by atoms with van der Waals surface area (Å²) in [5.74, 6) is 0.372. The van der Waals surface area contributed by atoms with Gasteiger partial charge in [-0.25, -0.2) is 4.39 Å². The number of carbonyl (C=O) groups is 2. The number of nitrogens with zero attached hydrogens (tertiary/aromatic N) is 1. The fraction of sp³-hybridized carbons (Fsp3) is 0.0667. The van der Waals surface area contributed by atoms with E-state index in [9.17, 15) is 14.0 Å². The molecule has 0 spiro atoms. The molecule has 1 aliphatic rings. The van der Waals surface area contributed by atoms with Crippen LogP contribution in [0.2, 0.25) is 0 Å². The zero-order valence-corrected chi connectivity index (χ0v) is 11.8. The summed E-state index contributed by atoms with van der Waals surface area (Å²) in [4.78, 5) is 24.5. The van der Waals surface area contributed by atoms with Crippen LogP contribution >= 0.6 is 11.8 Å². The Hall–Kier alpha value is -2.34. The minimum atomic E-state index is -0.343. The Morgan fingerprint density at radius 1 is 1.14 bits per heavy atom. The first-order chi connectivity index (χ1) is 10.0. The van der Waals surface area contributed by atoms with Crippen LogP contribution in [0, 0.1) is 5.82 Å². The highest BCUT2D eigenvalue weighted by molar-refractivity contribution is 8.18. The minimum absolute atomic E-state index is 0.309. The van der Waals surface area contributed by atoms with Gasteiger partial charge in [-0.15, -0.1) is 0 Å². The van der Waals surface area contributed by atoms with Gasteiger partial charge in [0, 0.05) is 18.7 Å². The van der Waals surface area contributed by atoms with Gasteiger partial charge in [-0.3, -0.25) is 14.5 Å². The van der Waals surface area contributed by atoms with Crippen LogP contribution in [0.3, 0.4) is 0 Å². The number of imide groups is 1. The molecule has 0 unspecified atom stereocenters. The third-order valence-corrected chi connectivity index (χ3v) is 3.98. The first kappa shape index (κ1) is 13.6. The fourth-order valence-electron chi connectivity index (χ4n) is 1.87. The van der Waals surface area contributed by atoms with Crippen molar-refractivity contribution in [3.63, 3.8) is 0 Å². The van der Waals surface area contributed by atoms with E-state index in [1.54, 1.807) is 24.3 Å². The SMILES string of the molecule is CN1C(=O)S/C(=C\c2ccc(-c3ccc(F)cc3)o2)C1=O. The van der Waals surface area contributed by atoms with Gasteiger partial charge in [-0.1, -0.05) is 0 Å². The average Bonchev–Trinajstić information content (AvgIpc) is 3.02. The molecule has 0 N–H and O–H groups in total. The Balaban J connectivity index is 1.87. The lowest BCUT2D eigenvalue weighted by atomic mass is 10.2. The number of likely N-dealkylation sites (N-methyl/N-ethyl adjacent to an activating group) is 1. The van der Waals surface area contributed by atoms with Gasteiger partial charge in [-0.2, -0.15) is 0 Å². The van der Waals surface area contributed by atoms with Crippen molar-refractivity contribution in [2.24, 2.45) is 0 Å². The van der Waals surface area contributed by atoms with Gasteiger partial charge >= 0.3 is 0 Å². The third kappa shape index (κ3) is 2.62. The van der Waals surface area contributed by atoms with Crippen LogP contribution in [-0.4, -0.2) is 23.1 Å². The minimum Gasteiger partial charge on any atom is -0.457 e. The lowest BCUT2D eigenvalue weighted by Gasteiger charge is -2.00. The van der Waals surface area contributed by atoms with Crippen LogP contribution in [0.5, 0.6) is 0 Å². The topological polar surface area (TPSA) is 50.5 Å². The van der Waals surface area contributed by atoms with Crippen molar-refractivity contribution < 1.29 is 18.4 Å². The number of thioether (sulfide) groups is 1. The lowest BCUT2D eigenvalue weighted by Crippen LogP contribution is -2.22. The fourth-order valence-corrected chi connectivity index (χ4v) is 2.68. The van der Waals surface area contributed by atoms with Gasteiger partial charge in [0.15, 0.2) is 0 Å². The second kappa shape index (κ2) is 5.21. The molecule has 0 radical (unpaired) electrons. The van der Waals surface area contributed by atoms with Crippen molar-refractivity contribution in [1.82, 2.24) is 4.90 Å². The van der Waals surface area contributed by atoms with E-state index in [2.05, 4.69) is 0 Å². The number of hydrogen-bond acceptors (Lipinski definition) is 4. The molecule has 3 rings (SSSR count). The highest BCUT2D eigenvalue weighted by atomic mass is 32.2. The third-order valence-electron chi connectivity index (χ3n) is 3.02. The molecule has 106 valence electrons. The van der Waals surface area contributed by atoms with E-state index in [-0.39, 0.29) is 17.0 Å². The molecular weight excluding hydrogens is 293 g/mol. The molecule has 4 nitrogen and oxygen atoms in total. The van der Waals surface area contributed by atoms with E-state index < -0.39 is 0 Å². The van der Waals surface area contributed by atoms with Crippen LogP contribution < -0.4 is 0 Å². The normalized spacial score (nSPS) is 17.0. The van der Waals surface area contributed by atoms with Crippen molar-refractivity contribution >= 4 is 29.0 Å². The summed E-state index contributed by atoms with van der Waals surface area (Å²) in [6.07, 6.45) is 1.53. The zero-order chi connectivity index (χ0) is 15.0. The Bertz CT molecular complexity index is 749. The molecule has 0 atom stereocenters. The summed E-state index contributed by atoms with van der Waals surface area (Å²) >= 11 is 0.873. The molecule has 6 heteroatoms. The Morgan fingerprint density at radius 2 is 1.86 bits per heavy atom. The second-order valence-corrected chi connectivity index (χ2v) is 5.44. The summed E-state index contributed by atoms with van der Waals surface area (Å²) in [6.45, 7) is 0. The van der Waals surface area contributed by atoms with E-state index in [1.165, 1.54) is 25.3 Å². The highest BCUT2D eigenvalue weighted by Gasteiger charge is 2.32. The van der Waals surface area contributed by atoms with Crippen LogP contribution in [0.25, 0.3) is 17.4 Å². The molecule has 1 aromatic carbocycles. The number of halogens is 1. The van der Waals surface area contributed by atoms with Crippen molar-refractivity contribution in [2.45, 2.75) is 0 Å². The quantitative estimate of drug-likeness (QED) is 0.793. The first-order valence-corrected chi connectivity index (χ1v) is 6.93. The van der Waals surface area contributed by atoms with Crippen molar-refractivity contribution in [2.75, 3.05) is 7.05 Å². The summed E-state index contributed by atoms with van der Waals surface area (Å²) < 4.78 is 18.5. The van der Waals surface area contributed by atoms with E-state index in [0.717, 1.165) is 22.2 Å². The lowest BCUT2D eigenvalue weighted by molar-refractivity contribution is -0.121. The monoisotopic (exact) mass is 303 g/mol. The van der Waals surface area contributed by atoms with E-state index in [0.29, 0.717) is 16.4 Å². The smallest absolute Gasteiger partial charge is 0.293 e. The van der Waals surface area contributed by atoms with Crippen LogP contribution in [0.1, 0.15) is 5.76 Å². The average molecular weight is 303 g/mol. The maximum atomic E-state index is 12.9. The number of benzene rings is 1. The van der Waals surface area contributed by atoms with E-state index in [4.69, 9.17) is 4.42 Å². The molecule has 1 fully saturated rings. The van der Waals surface area contributed by atoms with Gasteiger partial charge in [-0.05, 0) is 48.2 Å². The van der Waals surface area contributed by atoms with Crippen LogP contribution in [0.15, 0.2) is 45.7 Å². The molecular formula is C15H10FNO3S. The van der Waals surface area contributed by atoms with Crippen molar-refractivity contribution in [3.05, 3.63) is 52.9 Å². The summed E-state index contributed by atoms with van der Waals surface area (Å²) in [5.41, 5.74) is 0.736. The first-order valence-electron chi connectivity index (χ1n) is 6.12. The summed E-state index contributed by atoms with van der Waals surface area (Å²) in [5, 5.41) is -0.309. The van der Waals surface area contributed by atoms with E-state index in [1.807, 2.05) is 0 Å². The zero-order valence-electron chi connectivity index (χ0n) is 11.0.